The summed E-state index contributed by atoms with van der Waals surface area (Å²) in [5, 5.41) is 5.81. The van der Waals surface area contributed by atoms with Crippen molar-refractivity contribution >= 4 is 10.8 Å². The molecule has 0 heterocycles. The highest BCUT2D eigenvalue weighted by Gasteiger charge is 2.22. The summed E-state index contributed by atoms with van der Waals surface area (Å²) in [5.41, 5.74) is 1.27. The Labute approximate surface area is 108 Å². The van der Waals surface area contributed by atoms with Gasteiger partial charge in [0, 0.05) is 12.1 Å². The molecule has 0 amide bonds. The van der Waals surface area contributed by atoms with Crippen LogP contribution in [0.5, 0.6) is 5.75 Å². The topological polar surface area (TPSA) is 21.3 Å². The molecule has 0 aliphatic heterocycles. The number of rotatable bonds is 5. The highest BCUT2D eigenvalue weighted by atomic mass is 16.5. The predicted molar refractivity (Wildman–Crippen MR) is 74.9 cm³/mol. The lowest BCUT2D eigenvalue weighted by Gasteiger charge is -2.14. The number of fused-ring (bicyclic) bond motifs is 1. The molecular weight excluding hydrogens is 222 g/mol. The van der Waals surface area contributed by atoms with E-state index in [1.54, 1.807) is 0 Å². The van der Waals surface area contributed by atoms with Gasteiger partial charge in [-0.15, -0.1) is 0 Å². The molecule has 94 valence electrons. The summed E-state index contributed by atoms with van der Waals surface area (Å²) in [6.45, 7) is 1.72. The SMILES string of the molecule is CNCc1c(OCC2CC2)ccc2ccccc12. The van der Waals surface area contributed by atoms with Gasteiger partial charge in [-0.05, 0) is 42.6 Å². The second-order valence-electron chi connectivity index (χ2n) is 5.05. The lowest BCUT2D eigenvalue weighted by atomic mass is 10.0. The Hall–Kier alpha value is -1.54. The molecule has 0 bridgehead atoms. The Balaban J connectivity index is 1.97. The molecule has 1 fully saturated rings. The quantitative estimate of drug-likeness (QED) is 0.866. The maximum absolute atomic E-state index is 5.98. The van der Waals surface area contributed by atoms with Crippen LogP contribution < -0.4 is 10.1 Å². The summed E-state index contributed by atoms with van der Waals surface area (Å²) >= 11 is 0. The van der Waals surface area contributed by atoms with Crippen LogP contribution in [0.2, 0.25) is 0 Å². The third kappa shape index (κ3) is 2.34. The van der Waals surface area contributed by atoms with Crippen molar-refractivity contribution < 1.29 is 4.74 Å². The van der Waals surface area contributed by atoms with E-state index in [2.05, 4.69) is 41.7 Å². The van der Waals surface area contributed by atoms with Crippen molar-refractivity contribution in [2.45, 2.75) is 19.4 Å². The molecule has 1 saturated carbocycles. The maximum atomic E-state index is 5.98. The Morgan fingerprint density at radius 3 is 2.78 bits per heavy atom. The average Bonchev–Trinajstić information content (AvgIpc) is 3.22. The van der Waals surface area contributed by atoms with Crippen molar-refractivity contribution in [3.8, 4) is 5.75 Å². The fraction of sp³-hybridized carbons (Fsp3) is 0.375. The molecule has 18 heavy (non-hydrogen) atoms. The van der Waals surface area contributed by atoms with E-state index in [1.165, 1.54) is 29.2 Å². The van der Waals surface area contributed by atoms with Crippen LogP contribution in [0.3, 0.4) is 0 Å². The minimum atomic E-state index is 0.791. The number of hydrogen-bond donors (Lipinski definition) is 1. The van der Waals surface area contributed by atoms with E-state index >= 15 is 0 Å². The smallest absolute Gasteiger partial charge is 0.124 e. The summed E-state index contributed by atoms with van der Waals surface area (Å²) in [6, 6.07) is 12.8. The Kier molecular flexibility index (Phi) is 3.20. The van der Waals surface area contributed by atoms with Crippen LogP contribution in [-0.4, -0.2) is 13.7 Å². The van der Waals surface area contributed by atoms with Crippen LogP contribution in [0.4, 0.5) is 0 Å². The molecule has 0 radical (unpaired) electrons. The van der Waals surface area contributed by atoms with Gasteiger partial charge in [-0.2, -0.15) is 0 Å². The Morgan fingerprint density at radius 1 is 1.17 bits per heavy atom. The Morgan fingerprint density at radius 2 is 2.00 bits per heavy atom. The van der Waals surface area contributed by atoms with Crippen LogP contribution in [0.15, 0.2) is 36.4 Å². The summed E-state index contributed by atoms with van der Waals surface area (Å²) in [7, 11) is 1.98. The summed E-state index contributed by atoms with van der Waals surface area (Å²) in [4.78, 5) is 0. The zero-order valence-electron chi connectivity index (χ0n) is 10.8. The maximum Gasteiger partial charge on any atom is 0.124 e. The fourth-order valence-corrected chi connectivity index (χ4v) is 2.30. The van der Waals surface area contributed by atoms with Gasteiger partial charge in [0.1, 0.15) is 5.75 Å². The molecule has 0 atom stereocenters. The number of benzene rings is 2. The van der Waals surface area contributed by atoms with Crippen LogP contribution in [0, 0.1) is 5.92 Å². The van der Waals surface area contributed by atoms with Crippen molar-refractivity contribution in [3.63, 3.8) is 0 Å². The molecule has 2 heteroatoms. The zero-order valence-corrected chi connectivity index (χ0v) is 10.8. The van der Waals surface area contributed by atoms with E-state index < -0.39 is 0 Å². The first-order valence-electron chi connectivity index (χ1n) is 6.66. The van der Waals surface area contributed by atoms with Gasteiger partial charge in [-0.1, -0.05) is 30.3 Å². The molecule has 2 nitrogen and oxygen atoms in total. The molecule has 2 aromatic rings. The first-order valence-corrected chi connectivity index (χ1v) is 6.66. The summed E-state index contributed by atoms with van der Waals surface area (Å²) < 4.78 is 5.98. The van der Waals surface area contributed by atoms with E-state index in [-0.39, 0.29) is 0 Å². The van der Waals surface area contributed by atoms with Crippen molar-refractivity contribution in [2.24, 2.45) is 5.92 Å². The minimum Gasteiger partial charge on any atom is -0.493 e. The molecule has 1 N–H and O–H groups in total. The third-order valence-electron chi connectivity index (χ3n) is 3.52. The van der Waals surface area contributed by atoms with Gasteiger partial charge in [-0.3, -0.25) is 0 Å². The zero-order chi connectivity index (χ0) is 12.4. The normalized spacial score (nSPS) is 14.9. The van der Waals surface area contributed by atoms with Crippen molar-refractivity contribution in [1.29, 1.82) is 0 Å². The lowest BCUT2D eigenvalue weighted by Crippen LogP contribution is -2.09. The molecule has 2 aromatic carbocycles. The standard InChI is InChI=1S/C16H19NO/c1-17-10-15-14-5-3-2-4-13(14)8-9-16(15)18-11-12-6-7-12/h2-5,8-9,12,17H,6-7,10-11H2,1H3. The van der Waals surface area contributed by atoms with Crippen molar-refractivity contribution in [3.05, 3.63) is 42.0 Å². The van der Waals surface area contributed by atoms with E-state index in [1.807, 2.05) is 7.05 Å². The highest BCUT2D eigenvalue weighted by Crippen LogP contribution is 2.32. The van der Waals surface area contributed by atoms with E-state index in [4.69, 9.17) is 4.74 Å². The van der Waals surface area contributed by atoms with Gasteiger partial charge >= 0.3 is 0 Å². The number of nitrogens with one attached hydrogen (secondary N) is 1. The second-order valence-corrected chi connectivity index (χ2v) is 5.05. The van der Waals surface area contributed by atoms with Crippen LogP contribution in [0.1, 0.15) is 18.4 Å². The molecular formula is C16H19NO. The van der Waals surface area contributed by atoms with Gasteiger partial charge < -0.3 is 10.1 Å². The molecule has 3 rings (SSSR count). The van der Waals surface area contributed by atoms with Gasteiger partial charge in [0.15, 0.2) is 0 Å². The molecule has 1 aliphatic rings. The van der Waals surface area contributed by atoms with E-state index in [0.29, 0.717) is 0 Å². The largest absolute Gasteiger partial charge is 0.493 e. The monoisotopic (exact) mass is 241 g/mol. The van der Waals surface area contributed by atoms with Crippen molar-refractivity contribution in [1.82, 2.24) is 5.32 Å². The van der Waals surface area contributed by atoms with Crippen LogP contribution >= 0.6 is 0 Å². The molecule has 0 spiro atoms. The van der Waals surface area contributed by atoms with Gasteiger partial charge in [0.05, 0.1) is 6.61 Å². The molecule has 0 saturated heterocycles. The fourth-order valence-electron chi connectivity index (χ4n) is 2.30. The average molecular weight is 241 g/mol. The Bertz CT molecular complexity index is 546. The van der Waals surface area contributed by atoms with E-state index in [0.717, 1.165) is 24.8 Å². The first-order chi connectivity index (χ1) is 8.88. The number of hydrogen-bond acceptors (Lipinski definition) is 2. The predicted octanol–water partition coefficient (Wildman–Crippen LogP) is 3.35. The van der Waals surface area contributed by atoms with Crippen LogP contribution in [0.25, 0.3) is 10.8 Å². The second kappa shape index (κ2) is 4.99. The third-order valence-corrected chi connectivity index (χ3v) is 3.52. The molecule has 0 aromatic heterocycles. The minimum absolute atomic E-state index is 0.791. The van der Waals surface area contributed by atoms with Gasteiger partial charge in [-0.25, -0.2) is 0 Å². The van der Waals surface area contributed by atoms with Crippen molar-refractivity contribution in [2.75, 3.05) is 13.7 Å². The molecule has 1 aliphatic carbocycles. The van der Waals surface area contributed by atoms with E-state index in [9.17, 15) is 0 Å². The van der Waals surface area contributed by atoms with Crippen LogP contribution in [-0.2, 0) is 6.54 Å². The highest BCUT2D eigenvalue weighted by molar-refractivity contribution is 5.87. The number of ether oxygens (including phenoxy) is 1. The summed E-state index contributed by atoms with van der Waals surface area (Å²) in [6.07, 6.45) is 2.66. The molecule has 0 unspecified atom stereocenters. The first kappa shape index (κ1) is 11.5. The van der Waals surface area contributed by atoms with Gasteiger partial charge in [0.25, 0.3) is 0 Å². The van der Waals surface area contributed by atoms with Gasteiger partial charge in [0.2, 0.25) is 0 Å². The summed E-state index contributed by atoms with van der Waals surface area (Å²) in [5.74, 6) is 1.83. The lowest BCUT2D eigenvalue weighted by molar-refractivity contribution is 0.297.